The molecule has 1 nitrogen and oxygen atoms in total. The van der Waals surface area contributed by atoms with Crippen LogP contribution in [0, 0.1) is 6.92 Å². The molecule has 92 valence electrons. The predicted molar refractivity (Wildman–Crippen MR) is 76.9 cm³/mol. The number of ether oxygens (including phenoxy) is 1. The van der Waals surface area contributed by atoms with Crippen molar-refractivity contribution in [1.82, 2.24) is 0 Å². The Hall–Kier alpha value is -2.02. The minimum Gasteiger partial charge on any atom is -0.494 e. The molecule has 0 amide bonds. The average Bonchev–Trinajstić information content (AvgIpc) is 2.40. The summed E-state index contributed by atoms with van der Waals surface area (Å²) < 4.78 is 5.43. The molecule has 0 aromatic heterocycles. The molecule has 0 heterocycles. The van der Waals surface area contributed by atoms with Gasteiger partial charge < -0.3 is 4.74 Å². The second-order valence-corrected chi connectivity index (χ2v) is 4.30. The largest absolute Gasteiger partial charge is 0.494 e. The molecule has 0 radical (unpaired) electrons. The minimum atomic E-state index is 0.693. The highest BCUT2D eigenvalue weighted by atomic mass is 16.5. The number of hydrogen-bond donors (Lipinski definition) is 0. The van der Waals surface area contributed by atoms with E-state index in [-0.39, 0.29) is 0 Å². The van der Waals surface area contributed by atoms with E-state index < -0.39 is 0 Å². The van der Waals surface area contributed by atoms with E-state index >= 15 is 0 Å². The topological polar surface area (TPSA) is 9.23 Å². The molecule has 0 aliphatic rings. The van der Waals surface area contributed by atoms with E-state index in [1.165, 1.54) is 5.56 Å². The Kier molecular flexibility index (Phi) is 3.83. The first-order chi connectivity index (χ1) is 8.70. The van der Waals surface area contributed by atoms with E-state index in [4.69, 9.17) is 4.74 Å². The van der Waals surface area contributed by atoms with Crippen LogP contribution in [0.5, 0.6) is 5.75 Å². The maximum absolute atomic E-state index is 5.43. The first-order valence-electron chi connectivity index (χ1n) is 6.20. The quantitative estimate of drug-likeness (QED) is 0.764. The fourth-order valence-electron chi connectivity index (χ4n) is 1.84. The summed E-state index contributed by atoms with van der Waals surface area (Å²) in [6, 6.07) is 16.5. The highest BCUT2D eigenvalue weighted by Crippen LogP contribution is 2.23. The number of rotatable bonds is 4. The summed E-state index contributed by atoms with van der Waals surface area (Å²) in [5.41, 5.74) is 4.59. The SMILES string of the molecule is C=C(c1ccc(C)cc1)c1ccc(OCC)cc1. The van der Waals surface area contributed by atoms with Gasteiger partial charge in [-0.1, -0.05) is 48.5 Å². The molecule has 18 heavy (non-hydrogen) atoms. The van der Waals surface area contributed by atoms with Gasteiger partial charge in [-0.15, -0.1) is 0 Å². The van der Waals surface area contributed by atoms with Gasteiger partial charge in [-0.25, -0.2) is 0 Å². The zero-order valence-corrected chi connectivity index (χ0v) is 10.9. The van der Waals surface area contributed by atoms with Crippen LogP contribution >= 0.6 is 0 Å². The third kappa shape index (κ3) is 2.80. The fraction of sp³-hybridized carbons (Fsp3) is 0.176. The molecular formula is C17H18O. The summed E-state index contributed by atoms with van der Waals surface area (Å²) in [5, 5.41) is 0. The lowest BCUT2D eigenvalue weighted by Crippen LogP contribution is -1.92. The van der Waals surface area contributed by atoms with Crippen LogP contribution in [0.4, 0.5) is 0 Å². The van der Waals surface area contributed by atoms with Gasteiger partial charge in [0.15, 0.2) is 0 Å². The highest BCUT2D eigenvalue weighted by Gasteiger charge is 2.02. The predicted octanol–water partition coefficient (Wildman–Crippen LogP) is 4.46. The van der Waals surface area contributed by atoms with Crippen LogP contribution in [0.3, 0.4) is 0 Å². The van der Waals surface area contributed by atoms with Crippen LogP contribution < -0.4 is 4.74 Å². The smallest absolute Gasteiger partial charge is 0.119 e. The van der Waals surface area contributed by atoms with E-state index in [2.05, 4.69) is 37.8 Å². The van der Waals surface area contributed by atoms with E-state index in [0.717, 1.165) is 22.4 Å². The maximum Gasteiger partial charge on any atom is 0.119 e. The summed E-state index contributed by atoms with van der Waals surface area (Å²) in [7, 11) is 0. The molecule has 2 aromatic carbocycles. The molecule has 1 heteroatoms. The van der Waals surface area contributed by atoms with Gasteiger partial charge in [0.2, 0.25) is 0 Å². The van der Waals surface area contributed by atoms with Crippen LogP contribution in [-0.2, 0) is 0 Å². The molecule has 2 aromatic rings. The van der Waals surface area contributed by atoms with Gasteiger partial charge in [-0.2, -0.15) is 0 Å². The Bertz CT molecular complexity index is 521. The molecule has 0 saturated heterocycles. The number of aryl methyl sites for hydroxylation is 1. The van der Waals surface area contributed by atoms with E-state index in [1.54, 1.807) is 0 Å². The van der Waals surface area contributed by atoms with Crippen LogP contribution in [-0.4, -0.2) is 6.61 Å². The Morgan fingerprint density at radius 2 is 1.44 bits per heavy atom. The molecule has 0 N–H and O–H groups in total. The van der Waals surface area contributed by atoms with Crippen molar-refractivity contribution in [1.29, 1.82) is 0 Å². The Labute approximate surface area is 109 Å². The van der Waals surface area contributed by atoms with Gasteiger partial charge in [-0.05, 0) is 42.7 Å². The van der Waals surface area contributed by atoms with Crippen LogP contribution in [0.15, 0.2) is 55.1 Å². The fourth-order valence-corrected chi connectivity index (χ4v) is 1.84. The normalized spacial score (nSPS) is 10.1. The Morgan fingerprint density at radius 3 is 1.94 bits per heavy atom. The van der Waals surface area contributed by atoms with Gasteiger partial charge in [0.05, 0.1) is 6.61 Å². The molecule has 0 atom stereocenters. The van der Waals surface area contributed by atoms with Crippen molar-refractivity contribution in [2.24, 2.45) is 0 Å². The lowest BCUT2D eigenvalue weighted by atomic mass is 9.99. The number of benzene rings is 2. The second-order valence-electron chi connectivity index (χ2n) is 4.30. The third-order valence-corrected chi connectivity index (χ3v) is 2.91. The zero-order valence-electron chi connectivity index (χ0n) is 10.9. The number of hydrogen-bond acceptors (Lipinski definition) is 1. The third-order valence-electron chi connectivity index (χ3n) is 2.91. The lowest BCUT2D eigenvalue weighted by Gasteiger charge is -2.08. The second kappa shape index (κ2) is 5.54. The summed E-state index contributed by atoms with van der Waals surface area (Å²) in [5.74, 6) is 0.901. The van der Waals surface area contributed by atoms with Crippen LogP contribution in [0.1, 0.15) is 23.6 Å². The average molecular weight is 238 g/mol. The Morgan fingerprint density at radius 1 is 0.944 bits per heavy atom. The molecule has 0 unspecified atom stereocenters. The van der Waals surface area contributed by atoms with Crippen molar-refractivity contribution >= 4 is 5.57 Å². The summed E-state index contributed by atoms with van der Waals surface area (Å²) in [6.07, 6.45) is 0. The summed E-state index contributed by atoms with van der Waals surface area (Å²) in [6.45, 7) is 8.92. The zero-order chi connectivity index (χ0) is 13.0. The molecule has 0 aliphatic carbocycles. The van der Waals surface area contributed by atoms with E-state index in [1.807, 2.05) is 31.2 Å². The molecule has 0 spiro atoms. The van der Waals surface area contributed by atoms with Crippen molar-refractivity contribution in [3.05, 3.63) is 71.8 Å². The van der Waals surface area contributed by atoms with E-state index in [9.17, 15) is 0 Å². The van der Waals surface area contributed by atoms with Crippen molar-refractivity contribution in [2.75, 3.05) is 6.61 Å². The molecule has 0 bridgehead atoms. The van der Waals surface area contributed by atoms with Crippen molar-refractivity contribution < 1.29 is 4.74 Å². The summed E-state index contributed by atoms with van der Waals surface area (Å²) in [4.78, 5) is 0. The minimum absolute atomic E-state index is 0.693. The molecule has 2 rings (SSSR count). The van der Waals surface area contributed by atoms with E-state index in [0.29, 0.717) is 6.61 Å². The van der Waals surface area contributed by atoms with Crippen molar-refractivity contribution in [3.63, 3.8) is 0 Å². The van der Waals surface area contributed by atoms with Crippen molar-refractivity contribution in [2.45, 2.75) is 13.8 Å². The molecule has 0 aliphatic heterocycles. The first kappa shape index (κ1) is 12.4. The maximum atomic E-state index is 5.43. The van der Waals surface area contributed by atoms with Gasteiger partial charge in [0.25, 0.3) is 0 Å². The standard InChI is InChI=1S/C17H18O/c1-4-18-17-11-9-16(10-12-17)14(3)15-7-5-13(2)6-8-15/h5-12H,3-4H2,1-2H3. The molecule has 0 saturated carbocycles. The summed E-state index contributed by atoms with van der Waals surface area (Å²) >= 11 is 0. The van der Waals surface area contributed by atoms with Crippen LogP contribution in [0.25, 0.3) is 5.57 Å². The monoisotopic (exact) mass is 238 g/mol. The van der Waals surface area contributed by atoms with Gasteiger partial charge in [-0.3, -0.25) is 0 Å². The highest BCUT2D eigenvalue weighted by molar-refractivity contribution is 5.78. The van der Waals surface area contributed by atoms with Crippen LogP contribution in [0.2, 0.25) is 0 Å². The van der Waals surface area contributed by atoms with Gasteiger partial charge in [0, 0.05) is 0 Å². The first-order valence-corrected chi connectivity index (χ1v) is 6.20. The van der Waals surface area contributed by atoms with Gasteiger partial charge in [0.1, 0.15) is 5.75 Å². The lowest BCUT2D eigenvalue weighted by molar-refractivity contribution is 0.340. The molecular weight excluding hydrogens is 220 g/mol. The molecule has 0 fully saturated rings. The van der Waals surface area contributed by atoms with Gasteiger partial charge >= 0.3 is 0 Å². The Balaban J connectivity index is 2.20. The van der Waals surface area contributed by atoms with Crippen molar-refractivity contribution in [3.8, 4) is 5.75 Å².